The molecule has 9 rings (SSSR count). The molecule has 3 aromatic heterocycles. The number of nitrogens with zero attached hydrogens (tertiary/aromatic N) is 6. The highest BCUT2D eigenvalue weighted by atomic mass is 32.1. The molecule has 2 aromatic carbocycles. The van der Waals surface area contributed by atoms with Crippen molar-refractivity contribution in [3.05, 3.63) is 60.4 Å². The molecule has 0 spiro atoms. The first kappa shape index (κ1) is 46.2. The zero-order valence-corrected chi connectivity index (χ0v) is 39.6. The van der Waals surface area contributed by atoms with Crippen LogP contribution < -0.4 is 10.6 Å². The van der Waals surface area contributed by atoms with E-state index in [2.05, 4.69) is 48.3 Å². The number of rotatable bonds is 15. The second kappa shape index (κ2) is 19.7. The van der Waals surface area contributed by atoms with Gasteiger partial charge in [0.1, 0.15) is 34.8 Å². The van der Waals surface area contributed by atoms with Gasteiger partial charge in [0.25, 0.3) is 0 Å². The lowest BCUT2D eigenvalue weighted by Gasteiger charge is -2.34. The third kappa shape index (κ3) is 9.63. The minimum Gasteiger partial charge on any atom is -0.453 e. The summed E-state index contributed by atoms with van der Waals surface area (Å²) in [5, 5.41) is 5.69. The van der Waals surface area contributed by atoms with E-state index in [1.807, 2.05) is 46.2 Å². The lowest BCUT2D eigenvalue weighted by Crippen LogP contribution is -2.54. The van der Waals surface area contributed by atoms with Crippen LogP contribution in [0.4, 0.5) is 9.59 Å². The van der Waals surface area contributed by atoms with Crippen LogP contribution in [-0.2, 0) is 41.6 Å². The zero-order chi connectivity index (χ0) is 46.9. The Balaban J connectivity index is 0.907. The SMILES string of the molecule is COC(=O)NC(C(=O)N(Cc1ncc(-c2ccc(-c3ccc(-c4cnc(CN(C(=O)C(NC(=O)OC)C5CCOCC5)C5C(C)[C@H]5C)[nH]4)c4nsnc34)cc2)[nH]1)C1C(C)[C@H]1C)C1CCOCC1. The lowest BCUT2D eigenvalue weighted by atomic mass is 9.90. The largest absolute Gasteiger partial charge is 0.453 e. The van der Waals surface area contributed by atoms with Gasteiger partial charge in [-0.25, -0.2) is 19.6 Å². The average Bonchev–Trinajstić information content (AvgIpc) is 3.80. The molecule has 5 aromatic rings. The Hall–Kier alpha value is -5.92. The quantitative estimate of drug-likeness (QED) is 0.0896. The number of benzene rings is 2. The number of hydrogen-bond acceptors (Lipinski definition) is 13. The molecule has 4 fully saturated rings. The first-order valence-electron chi connectivity index (χ1n) is 23.3. The number of methoxy groups -OCH3 is 2. The number of carbonyl (C=O) groups is 4. The van der Waals surface area contributed by atoms with E-state index < -0.39 is 24.3 Å². The van der Waals surface area contributed by atoms with Gasteiger partial charge in [0.15, 0.2) is 0 Å². The van der Waals surface area contributed by atoms with Gasteiger partial charge in [0.2, 0.25) is 11.8 Å². The van der Waals surface area contributed by atoms with Gasteiger partial charge in [-0.05, 0) is 78.4 Å². The number of H-pyrrole nitrogens is 2. The number of amides is 4. The van der Waals surface area contributed by atoms with Crippen LogP contribution in [0.3, 0.4) is 0 Å². The normalized spacial score (nSPS) is 23.8. The maximum Gasteiger partial charge on any atom is 0.407 e. The maximum atomic E-state index is 14.4. The first-order valence-corrected chi connectivity index (χ1v) is 24.1. The summed E-state index contributed by atoms with van der Waals surface area (Å²) in [4.78, 5) is 73.8. The highest BCUT2D eigenvalue weighted by Crippen LogP contribution is 2.45. The van der Waals surface area contributed by atoms with Crippen LogP contribution in [0.15, 0.2) is 48.8 Å². The molecule has 0 radical (unpaired) electrons. The summed E-state index contributed by atoms with van der Waals surface area (Å²) in [5.74, 6) is 2.11. The Morgan fingerprint density at radius 1 is 0.642 bits per heavy atom. The molecule has 2 saturated carbocycles. The van der Waals surface area contributed by atoms with E-state index in [-0.39, 0.29) is 48.8 Å². The molecule has 4 N–H and O–H groups in total. The van der Waals surface area contributed by atoms with E-state index in [4.69, 9.17) is 37.7 Å². The Morgan fingerprint density at radius 3 is 1.52 bits per heavy atom. The number of fused-ring (bicyclic) bond motifs is 1. The average molecular weight is 937 g/mol. The van der Waals surface area contributed by atoms with Crippen molar-refractivity contribution in [1.82, 2.24) is 49.1 Å². The Bertz CT molecular complexity index is 2550. The van der Waals surface area contributed by atoms with Crippen LogP contribution in [0.25, 0.3) is 44.7 Å². The van der Waals surface area contributed by atoms with Gasteiger partial charge in [-0.2, -0.15) is 8.75 Å². The first-order chi connectivity index (χ1) is 32.4. The van der Waals surface area contributed by atoms with Gasteiger partial charge in [-0.1, -0.05) is 58.0 Å². The van der Waals surface area contributed by atoms with Gasteiger partial charge in [-0.15, -0.1) is 0 Å². The Labute approximate surface area is 393 Å². The molecular formula is C48H60N10O8S. The topological polar surface area (TPSA) is 219 Å². The number of nitrogens with one attached hydrogen (secondary N) is 4. The van der Waals surface area contributed by atoms with Crippen molar-refractivity contribution in [3.8, 4) is 33.6 Å². The summed E-state index contributed by atoms with van der Waals surface area (Å²) in [6.45, 7) is 11.3. The van der Waals surface area contributed by atoms with E-state index in [0.29, 0.717) is 87.4 Å². The van der Waals surface area contributed by atoms with Crippen molar-refractivity contribution in [2.45, 2.75) is 90.6 Å². The highest BCUT2D eigenvalue weighted by molar-refractivity contribution is 7.00. The van der Waals surface area contributed by atoms with Crippen molar-refractivity contribution in [2.24, 2.45) is 35.5 Å². The lowest BCUT2D eigenvalue weighted by molar-refractivity contribution is -0.138. The summed E-state index contributed by atoms with van der Waals surface area (Å²) in [6, 6.07) is 10.8. The van der Waals surface area contributed by atoms with Crippen LogP contribution in [0.2, 0.25) is 0 Å². The predicted octanol–water partition coefficient (Wildman–Crippen LogP) is 6.41. The number of imidazole rings is 2. The summed E-state index contributed by atoms with van der Waals surface area (Å²) < 4.78 is 30.4. The molecule has 8 atom stereocenters. The molecule has 356 valence electrons. The fraction of sp³-hybridized carbons (Fsp3) is 0.542. The van der Waals surface area contributed by atoms with Crippen molar-refractivity contribution in [2.75, 3.05) is 40.6 Å². The molecule has 19 heteroatoms. The van der Waals surface area contributed by atoms with E-state index in [1.165, 1.54) is 14.2 Å². The molecule has 6 unspecified atom stereocenters. The van der Waals surface area contributed by atoms with E-state index in [9.17, 15) is 19.2 Å². The van der Waals surface area contributed by atoms with Crippen LogP contribution >= 0.6 is 11.7 Å². The highest BCUT2D eigenvalue weighted by Gasteiger charge is 2.52. The summed E-state index contributed by atoms with van der Waals surface area (Å²) in [7, 11) is 2.61. The predicted molar refractivity (Wildman–Crippen MR) is 249 cm³/mol. The van der Waals surface area contributed by atoms with Crippen molar-refractivity contribution in [1.29, 1.82) is 0 Å². The second-order valence-electron chi connectivity index (χ2n) is 18.7. The summed E-state index contributed by atoms with van der Waals surface area (Å²) in [5.41, 5.74) is 6.73. The van der Waals surface area contributed by atoms with Gasteiger partial charge in [-0.3, -0.25) is 9.59 Å². The van der Waals surface area contributed by atoms with Crippen molar-refractivity contribution < 1.29 is 38.1 Å². The molecule has 67 heavy (non-hydrogen) atoms. The van der Waals surface area contributed by atoms with E-state index in [0.717, 1.165) is 56.4 Å². The monoisotopic (exact) mass is 936 g/mol. The fourth-order valence-electron chi connectivity index (χ4n) is 10.3. The minimum atomic E-state index is -0.738. The molecule has 2 aliphatic heterocycles. The fourth-order valence-corrected chi connectivity index (χ4v) is 10.9. The smallest absolute Gasteiger partial charge is 0.407 e. The van der Waals surface area contributed by atoms with E-state index >= 15 is 0 Å². The molecule has 2 aliphatic carbocycles. The number of hydrogen-bond donors (Lipinski definition) is 4. The number of alkyl carbamates (subject to hydrolysis) is 2. The summed E-state index contributed by atoms with van der Waals surface area (Å²) in [6.07, 6.45) is 4.98. The van der Waals surface area contributed by atoms with Gasteiger partial charge >= 0.3 is 12.2 Å². The zero-order valence-electron chi connectivity index (χ0n) is 38.8. The molecule has 5 heterocycles. The maximum absolute atomic E-state index is 14.4. The molecule has 2 saturated heterocycles. The van der Waals surface area contributed by atoms with Crippen molar-refractivity contribution in [3.63, 3.8) is 0 Å². The number of ether oxygens (including phenoxy) is 4. The van der Waals surface area contributed by atoms with Crippen LogP contribution in [0.1, 0.15) is 65.0 Å². The third-order valence-corrected chi connectivity index (χ3v) is 15.4. The molecular weight excluding hydrogens is 877 g/mol. The second-order valence-corrected chi connectivity index (χ2v) is 19.2. The Morgan fingerprint density at radius 2 is 1.06 bits per heavy atom. The van der Waals surface area contributed by atoms with Crippen LogP contribution in [-0.4, -0.2) is 127 Å². The van der Waals surface area contributed by atoms with Crippen LogP contribution in [0, 0.1) is 35.5 Å². The Kier molecular flexibility index (Phi) is 13.6. The molecule has 4 amide bonds. The van der Waals surface area contributed by atoms with Gasteiger partial charge < -0.3 is 49.3 Å². The van der Waals surface area contributed by atoms with Gasteiger partial charge in [0.05, 0.1) is 62.8 Å². The number of aromatic nitrogens is 6. The third-order valence-electron chi connectivity index (χ3n) is 14.9. The molecule has 0 bridgehead atoms. The summed E-state index contributed by atoms with van der Waals surface area (Å²) >= 11 is 1.14. The number of carbonyl (C=O) groups excluding carboxylic acids is 4. The molecule has 18 nitrogen and oxygen atoms in total. The van der Waals surface area contributed by atoms with Gasteiger partial charge in [0, 0.05) is 49.6 Å². The van der Waals surface area contributed by atoms with E-state index in [1.54, 1.807) is 12.4 Å². The minimum absolute atomic E-state index is 0.0120. The van der Waals surface area contributed by atoms with Crippen LogP contribution in [0.5, 0.6) is 0 Å². The molecule has 4 aliphatic rings. The number of aromatic amines is 2. The standard InChI is InChI=1S/C48H60N10O8S/c1-25-26(2)43(25)57(45(59)39(53-47(61)63-5)31-13-17-65-18-14-31)23-37-49-21-35(51-37)30-9-7-29(8-10-30)33-11-12-34(42-41(33)55-67-56-42)36-22-50-38(52-36)24-58(44-27(3)28(44)4)46(60)40(54-48(62)64-6)32-15-19-66-20-16-32/h7-12,21-22,25-28,31-32,39-40,43-44H,13-20,23-24H2,1-6H3,(H,49,51)(H,50,52)(H,53,61)(H,54,62)/t25-,26?,27-,28?,39?,40?,43?,44?/m1/s1. The van der Waals surface area contributed by atoms with Crippen molar-refractivity contribution >= 4 is 46.8 Å².